The first kappa shape index (κ1) is 16.1. The molecule has 0 atom stereocenters. The Labute approximate surface area is 137 Å². The number of anilines is 1. The van der Waals surface area contributed by atoms with Crippen molar-refractivity contribution in [2.75, 3.05) is 11.4 Å². The van der Waals surface area contributed by atoms with E-state index in [0.717, 1.165) is 30.2 Å². The number of amides is 1. The molecular formula is C19H14F3NO. The SMILES string of the molecule is O=C(C#Cc1ccccc1C(F)(F)F)N1CCCc2ccccc21. The molecule has 5 heteroatoms. The summed E-state index contributed by atoms with van der Waals surface area (Å²) < 4.78 is 38.9. The number of alkyl halides is 3. The fourth-order valence-corrected chi connectivity index (χ4v) is 2.77. The molecule has 0 aliphatic carbocycles. The van der Waals surface area contributed by atoms with Gasteiger partial charge in [-0.2, -0.15) is 13.2 Å². The highest BCUT2D eigenvalue weighted by molar-refractivity contribution is 6.06. The van der Waals surface area contributed by atoms with E-state index in [1.54, 1.807) is 0 Å². The fraction of sp³-hybridized carbons (Fsp3) is 0.211. The second-order valence-electron chi connectivity index (χ2n) is 5.48. The number of para-hydroxylation sites is 1. The number of carbonyl (C=O) groups is 1. The van der Waals surface area contributed by atoms with Crippen molar-refractivity contribution >= 4 is 11.6 Å². The molecule has 1 aliphatic heterocycles. The number of halogens is 3. The molecule has 2 nitrogen and oxygen atoms in total. The Morgan fingerprint density at radius 2 is 1.75 bits per heavy atom. The van der Waals surface area contributed by atoms with Crippen LogP contribution in [0.5, 0.6) is 0 Å². The third-order valence-corrected chi connectivity index (χ3v) is 3.89. The fourth-order valence-electron chi connectivity index (χ4n) is 2.77. The number of benzene rings is 2. The standard InChI is InChI=1S/C19H14F3NO/c20-19(21,22)16-9-3-1-6-14(16)11-12-18(24)23-13-5-8-15-7-2-4-10-17(15)23/h1-4,6-7,9-10H,5,8,13H2. The first-order valence-electron chi connectivity index (χ1n) is 7.54. The van der Waals surface area contributed by atoms with Gasteiger partial charge >= 0.3 is 12.1 Å². The highest BCUT2D eigenvalue weighted by Gasteiger charge is 2.32. The molecule has 2 aromatic carbocycles. The molecule has 0 radical (unpaired) electrons. The number of fused-ring (bicyclic) bond motifs is 1. The number of aryl methyl sites for hydroxylation is 1. The smallest absolute Gasteiger partial charge is 0.301 e. The summed E-state index contributed by atoms with van der Waals surface area (Å²) in [6, 6.07) is 12.5. The van der Waals surface area contributed by atoms with Crippen LogP contribution in [0.3, 0.4) is 0 Å². The molecule has 2 aromatic rings. The molecule has 24 heavy (non-hydrogen) atoms. The first-order valence-corrected chi connectivity index (χ1v) is 7.54. The van der Waals surface area contributed by atoms with Gasteiger partial charge < -0.3 is 4.90 Å². The third kappa shape index (κ3) is 3.28. The lowest BCUT2D eigenvalue weighted by Crippen LogP contribution is -2.34. The van der Waals surface area contributed by atoms with E-state index in [9.17, 15) is 18.0 Å². The molecule has 0 bridgehead atoms. The molecule has 1 amide bonds. The van der Waals surface area contributed by atoms with Gasteiger partial charge in [-0.25, -0.2) is 0 Å². The molecule has 3 rings (SSSR count). The van der Waals surface area contributed by atoms with Crippen molar-refractivity contribution in [1.29, 1.82) is 0 Å². The minimum Gasteiger partial charge on any atom is -0.301 e. The van der Waals surface area contributed by atoms with Crippen molar-refractivity contribution in [3.8, 4) is 11.8 Å². The molecule has 0 aromatic heterocycles. The minimum atomic E-state index is -4.49. The predicted octanol–water partition coefficient (Wildman–Crippen LogP) is 4.04. The van der Waals surface area contributed by atoms with Crippen LogP contribution in [0, 0.1) is 11.8 Å². The Bertz CT molecular complexity index is 830. The van der Waals surface area contributed by atoms with E-state index in [2.05, 4.69) is 11.8 Å². The molecule has 0 saturated carbocycles. The van der Waals surface area contributed by atoms with Gasteiger partial charge in [0.25, 0.3) is 0 Å². The van der Waals surface area contributed by atoms with Crippen LogP contribution in [-0.4, -0.2) is 12.5 Å². The first-order chi connectivity index (χ1) is 11.5. The average molecular weight is 329 g/mol. The number of hydrogen-bond acceptors (Lipinski definition) is 1. The van der Waals surface area contributed by atoms with Crippen molar-refractivity contribution in [3.63, 3.8) is 0 Å². The van der Waals surface area contributed by atoms with Crippen LogP contribution < -0.4 is 4.90 Å². The van der Waals surface area contributed by atoms with Gasteiger partial charge in [-0.3, -0.25) is 4.79 Å². The maximum atomic E-state index is 13.0. The van der Waals surface area contributed by atoms with E-state index in [4.69, 9.17) is 0 Å². The highest BCUT2D eigenvalue weighted by atomic mass is 19.4. The molecule has 0 N–H and O–H groups in total. The normalized spacial score (nSPS) is 13.7. The van der Waals surface area contributed by atoms with Crippen molar-refractivity contribution in [1.82, 2.24) is 0 Å². The second kappa shape index (κ2) is 6.40. The van der Waals surface area contributed by atoms with Gasteiger partial charge in [0.2, 0.25) is 0 Å². The van der Waals surface area contributed by atoms with Gasteiger partial charge in [-0.1, -0.05) is 36.3 Å². The number of rotatable bonds is 0. The van der Waals surface area contributed by atoms with Gasteiger partial charge in [0.15, 0.2) is 0 Å². The van der Waals surface area contributed by atoms with E-state index in [-0.39, 0.29) is 5.56 Å². The largest absolute Gasteiger partial charge is 0.417 e. The summed E-state index contributed by atoms with van der Waals surface area (Å²) in [6.45, 7) is 0.519. The molecule has 0 fully saturated rings. The van der Waals surface area contributed by atoms with Crippen LogP contribution in [-0.2, 0) is 17.4 Å². The predicted molar refractivity (Wildman–Crippen MR) is 85.4 cm³/mol. The quantitative estimate of drug-likeness (QED) is 0.668. The van der Waals surface area contributed by atoms with Crippen molar-refractivity contribution in [2.24, 2.45) is 0 Å². The summed E-state index contributed by atoms with van der Waals surface area (Å²) in [7, 11) is 0. The van der Waals surface area contributed by atoms with Gasteiger partial charge in [-0.15, -0.1) is 0 Å². The number of carbonyl (C=O) groups excluding carboxylic acids is 1. The summed E-state index contributed by atoms with van der Waals surface area (Å²) in [4.78, 5) is 13.9. The summed E-state index contributed by atoms with van der Waals surface area (Å²) in [5.41, 5.74) is 0.815. The van der Waals surface area contributed by atoms with Gasteiger partial charge in [0.05, 0.1) is 5.56 Å². The van der Waals surface area contributed by atoms with Crippen LogP contribution in [0.1, 0.15) is 23.1 Å². The molecule has 122 valence electrons. The lowest BCUT2D eigenvalue weighted by Gasteiger charge is -2.27. The topological polar surface area (TPSA) is 20.3 Å². The van der Waals surface area contributed by atoms with Gasteiger partial charge in [0, 0.05) is 23.7 Å². The van der Waals surface area contributed by atoms with E-state index in [0.29, 0.717) is 6.54 Å². The molecular weight excluding hydrogens is 315 g/mol. The summed E-state index contributed by atoms with van der Waals surface area (Å²) >= 11 is 0. The highest BCUT2D eigenvalue weighted by Crippen LogP contribution is 2.31. The Kier molecular flexibility index (Phi) is 4.30. The van der Waals surface area contributed by atoms with E-state index >= 15 is 0 Å². The monoisotopic (exact) mass is 329 g/mol. The molecule has 1 aliphatic rings. The summed E-state index contributed by atoms with van der Waals surface area (Å²) in [6.07, 6.45) is -2.81. The van der Waals surface area contributed by atoms with Crippen LogP contribution in [0.15, 0.2) is 48.5 Å². The Morgan fingerprint density at radius 3 is 2.54 bits per heavy atom. The Balaban J connectivity index is 1.90. The summed E-state index contributed by atoms with van der Waals surface area (Å²) in [5.74, 6) is 4.26. The maximum Gasteiger partial charge on any atom is 0.417 e. The van der Waals surface area contributed by atoms with Crippen LogP contribution >= 0.6 is 0 Å². The zero-order valence-electron chi connectivity index (χ0n) is 12.7. The second-order valence-corrected chi connectivity index (χ2v) is 5.48. The number of hydrogen-bond donors (Lipinski definition) is 0. The van der Waals surface area contributed by atoms with Gasteiger partial charge in [-0.05, 0) is 36.6 Å². The van der Waals surface area contributed by atoms with Crippen LogP contribution in [0.25, 0.3) is 0 Å². The molecule has 1 heterocycles. The van der Waals surface area contributed by atoms with E-state index < -0.39 is 17.6 Å². The third-order valence-electron chi connectivity index (χ3n) is 3.89. The lowest BCUT2D eigenvalue weighted by atomic mass is 10.0. The summed E-state index contributed by atoms with van der Waals surface area (Å²) in [5, 5.41) is 0. The molecule has 0 spiro atoms. The lowest BCUT2D eigenvalue weighted by molar-refractivity contribution is -0.137. The Hall–Kier alpha value is -2.74. The van der Waals surface area contributed by atoms with Crippen molar-refractivity contribution < 1.29 is 18.0 Å². The molecule has 0 saturated heterocycles. The van der Waals surface area contributed by atoms with Crippen LogP contribution in [0.4, 0.5) is 18.9 Å². The van der Waals surface area contributed by atoms with Crippen LogP contribution in [0.2, 0.25) is 0 Å². The average Bonchev–Trinajstić information content (AvgIpc) is 2.58. The van der Waals surface area contributed by atoms with E-state index in [1.807, 2.05) is 24.3 Å². The Morgan fingerprint density at radius 1 is 1.04 bits per heavy atom. The van der Waals surface area contributed by atoms with Gasteiger partial charge in [0.1, 0.15) is 0 Å². The zero-order valence-corrected chi connectivity index (χ0v) is 12.7. The zero-order chi connectivity index (χ0) is 17.2. The van der Waals surface area contributed by atoms with E-state index in [1.165, 1.54) is 23.1 Å². The van der Waals surface area contributed by atoms with Crippen molar-refractivity contribution in [2.45, 2.75) is 19.0 Å². The van der Waals surface area contributed by atoms with Crippen molar-refractivity contribution in [3.05, 3.63) is 65.2 Å². The number of nitrogens with zero attached hydrogens (tertiary/aromatic N) is 1. The minimum absolute atomic E-state index is 0.191. The maximum absolute atomic E-state index is 13.0. The molecule has 0 unspecified atom stereocenters.